The van der Waals surface area contributed by atoms with Crippen molar-refractivity contribution in [2.75, 3.05) is 6.61 Å². The molecule has 4 aliphatic carbocycles. The molecule has 3 fully saturated rings. The van der Waals surface area contributed by atoms with Crippen LogP contribution in [0, 0.1) is 35.0 Å². The molecule has 7 atom stereocenters. The third-order valence-corrected chi connectivity index (χ3v) is 7.77. The molecule has 4 rings (SSSR count). The normalized spacial score (nSPS) is 47.5. The van der Waals surface area contributed by atoms with E-state index < -0.39 is 12.8 Å². The first-order valence-corrected chi connectivity index (χ1v) is 9.46. The molecule has 0 bridgehead atoms. The zero-order chi connectivity index (χ0) is 17.1. The Morgan fingerprint density at radius 2 is 2.08 bits per heavy atom. The Morgan fingerprint density at radius 1 is 1.29 bits per heavy atom. The van der Waals surface area contributed by atoms with E-state index in [0.29, 0.717) is 24.7 Å². The molecule has 0 unspecified atom stereocenters. The van der Waals surface area contributed by atoms with Gasteiger partial charge in [0.25, 0.3) is 0 Å². The van der Waals surface area contributed by atoms with E-state index in [0.717, 1.165) is 32.1 Å². The van der Waals surface area contributed by atoms with E-state index in [1.54, 1.807) is 6.08 Å². The molecule has 0 aromatic rings. The fraction of sp³-hybridized carbons (Fsp3) is 0.800. The van der Waals surface area contributed by atoms with Crippen molar-refractivity contribution in [2.45, 2.75) is 58.0 Å². The number of fused-ring (bicyclic) bond motifs is 5. The van der Waals surface area contributed by atoms with Crippen molar-refractivity contribution in [1.82, 2.24) is 0 Å². The van der Waals surface area contributed by atoms with Gasteiger partial charge in [-0.15, -0.1) is 0 Å². The van der Waals surface area contributed by atoms with E-state index in [1.807, 2.05) is 0 Å². The summed E-state index contributed by atoms with van der Waals surface area (Å²) in [5, 5.41) is 9.29. The quantitative estimate of drug-likeness (QED) is 0.843. The highest BCUT2D eigenvalue weighted by Gasteiger charge is 2.60. The van der Waals surface area contributed by atoms with Crippen LogP contribution in [0.15, 0.2) is 11.6 Å². The lowest BCUT2D eigenvalue weighted by atomic mass is 9.50. The summed E-state index contributed by atoms with van der Waals surface area (Å²) in [6.07, 6.45) is 6.31. The van der Waals surface area contributed by atoms with Gasteiger partial charge in [-0.1, -0.05) is 12.5 Å². The maximum Gasteiger partial charge on any atom is 0.161 e. The van der Waals surface area contributed by atoms with Gasteiger partial charge < -0.3 is 5.11 Å². The van der Waals surface area contributed by atoms with Gasteiger partial charge in [0.1, 0.15) is 12.8 Å². The molecule has 0 saturated heterocycles. The molecule has 0 aromatic carbocycles. The molecule has 3 saturated carbocycles. The second-order valence-corrected chi connectivity index (χ2v) is 8.70. The third-order valence-electron chi connectivity index (χ3n) is 7.77. The van der Waals surface area contributed by atoms with Gasteiger partial charge in [-0.05, 0) is 73.7 Å². The summed E-state index contributed by atoms with van der Waals surface area (Å²) in [6, 6.07) is 0. The molecule has 4 heteroatoms. The number of alkyl halides is 1. The van der Waals surface area contributed by atoms with E-state index in [-0.39, 0.29) is 34.7 Å². The molecule has 0 aromatic heterocycles. The van der Waals surface area contributed by atoms with Gasteiger partial charge >= 0.3 is 0 Å². The maximum absolute atomic E-state index is 15.3. The second-order valence-electron chi connectivity index (χ2n) is 8.70. The Bertz CT molecular complexity index is 598. The van der Waals surface area contributed by atoms with Crippen LogP contribution in [-0.2, 0) is 9.59 Å². The Labute approximate surface area is 142 Å². The lowest BCUT2D eigenvalue weighted by Crippen LogP contribution is -2.52. The van der Waals surface area contributed by atoms with Crippen molar-refractivity contribution in [1.29, 1.82) is 0 Å². The molecule has 4 aliphatic rings. The minimum atomic E-state index is -0.898. The number of Topliss-reactive ketones (excluding diaryl/α,β-unsaturated/α-hetero) is 1. The average molecular weight is 334 g/mol. The van der Waals surface area contributed by atoms with Gasteiger partial charge in [-0.25, -0.2) is 4.39 Å². The predicted octanol–water partition coefficient (Wildman–Crippen LogP) is 3.25. The molecule has 0 aliphatic heterocycles. The number of allylic oxidation sites excluding steroid dienone is 1. The van der Waals surface area contributed by atoms with Gasteiger partial charge in [0, 0.05) is 12.3 Å². The summed E-state index contributed by atoms with van der Waals surface area (Å²) < 4.78 is 15.3. The summed E-state index contributed by atoms with van der Waals surface area (Å²) in [5.41, 5.74) is 0.881. The lowest BCUT2D eigenvalue weighted by Gasteiger charge is -2.55. The van der Waals surface area contributed by atoms with E-state index >= 15 is 4.39 Å². The lowest BCUT2D eigenvalue weighted by molar-refractivity contribution is -0.135. The minimum Gasteiger partial charge on any atom is -0.389 e. The van der Waals surface area contributed by atoms with Crippen molar-refractivity contribution in [3.8, 4) is 0 Å². The molecular weight excluding hydrogens is 307 g/mol. The van der Waals surface area contributed by atoms with Crippen LogP contribution in [0.5, 0.6) is 0 Å². The van der Waals surface area contributed by atoms with E-state index in [9.17, 15) is 14.7 Å². The van der Waals surface area contributed by atoms with Crippen LogP contribution in [0.2, 0.25) is 0 Å². The Morgan fingerprint density at radius 3 is 2.83 bits per heavy atom. The fourth-order valence-electron chi connectivity index (χ4n) is 6.84. The SMILES string of the molecule is C[C@]12C[C@@H](F)[C@H]3[C@@H](CCC4=CC(=O)CC[C@@H]43)[C@@H]1CC[C@@H]2C(=O)CO. The number of aliphatic hydroxyl groups is 1. The number of carbonyl (C=O) groups is 2. The number of hydrogen-bond donors (Lipinski definition) is 1. The van der Waals surface area contributed by atoms with Crippen molar-refractivity contribution in [3.63, 3.8) is 0 Å². The van der Waals surface area contributed by atoms with Gasteiger partial charge in [0.2, 0.25) is 0 Å². The van der Waals surface area contributed by atoms with Crippen molar-refractivity contribution < 1.29 is 19.1 Å². The maximum atomic E-state index is 15.3. The van der Waals surface area contributed by atoms with E-state index in [2.05, 4.69) is 6.92 Å². The Kier molecular flexibility index (Phi) is 3.94. The van der Waals surface area contributed by atoms with Crippen molar-refractivity contribution in [3.05, 3.63) is 11.6 Å². The topological polar surface area (TPSA) is 54.4 Å². The smallest absolute Gasteiger partial charge is 0.161 e. The molecule has 3 nitrogen and oxygen atoms in total. The largest absolute Gasteiger partial charge is 0.389 e. The van der Waals surface area contributed by atoms with Crippen molar-refractivity contribution >= 4 is 11.6 Å². The molecule has 0 heterocycles. The number of aliphatic hydroxyl groups excluding tert-OH is 1. The van der Waals surface area contributed by atoms with Crippen LogP contribution < -0.4 is 0 Å². The summed E-state index contributed by atoms with van der Waals surface area (Å²) in [6.45, 7) is 1.66. The van der Waals surface area contributed by atoms with Crippen molar-refractivity contribution in [2.24, 2.45) is 35.0 Å². The standard InChI is InChI=1S/C20H27FO3/c1-20-9-17(21)19-13-5-3-12(23)8-11(13)2-4-14(19)15(20)6-7-16(20)18(24)10-22/h8,13-17,19,22H,2-7,9-10H2,1H3/t13-,14-,15-,16+,17+,19+,20-/m0/s1. The number of ketones is 2. The highest BCUT2D eigenvalue weighted by atomic mass is 19.1. The minimum absolute atomic E-state index is 0.0270. The molecule has 0 amide bonds. The van der Waals surface area contributed by atoms with Gasteiger partial charge in [0.05, 0.1) is 0 Å². The van der Waals surface area contributed by atoms with Gasteiger partial charge in [0.15, 0.2) is 11.6 Å². The molecule has 0 radical (unpaired) electrons. The highest BCUT2D eigenvalue weighted by molar-refractivity contribution is 5.91. The molecule has 132 valence electrons. The average Bonchev–Trinajstić information content (AvgIpc) is 2.90. The predicted molar refractivity (Wildman–Crippen MR) is 88.0 cm³/mol. The number of hydrogen-bond acceptors (Lipinski definition) is 3. The zero-order valence-corrected chi connectivity index (χ0v) is 14.3. The van der Waals surface area contributed by atoms with Crippen LogP contribution in [0.1, 0.15) is 51.9 Å². The van der Waals surface area contributed by atoms with Crippen LogP contribution >= 0.6 is 0 Å². The summed E-state index contributed by atoms with van der Waals surface area (Å²) in [4.78, 5) is 23.9. The summed E-state index contributed by atoms with van der Waals surface area (Å²) >= 11 is 0. The highest BCUT2D eigenvalue weighted by Crippen LogP contribution is 2.64. The van der Waals surface area contributed by atoms with Gasteiger partial charge in [-0.2, -0.15) is 0 Å². The van der Waals surface area contributed by atoms with Crippen LogP contribution in [-0.4, -0.2) is 29.5 Å². The second kappa shape index (κ2) is 5.76. The van der Waals surface area contributed by atoms with Crippen LogP contribution in [0.25, 0.3) is 0 Å². The molecule has 24 heavy (non-hydrogen) atoms. The summed E-state index contributed by atoms with van der Waals surface area (Å²) in [5.74, 6) is 0.875. The number of carbonyl (C=O) groups excluding carboxylic acids is 2. The molecule has 0 spiro atoms. The van der Waals surface area contributed by atoms with Crippen LogP contribution in [0.4, 0.5) is 4.39 Å². The first-order valence-electron chi connectivity index (χ1n) is 9.46. The molecular formula is C20H27FO3. The Hall–Kier alpha value is -1.03. The van der Waals surface area contributed by atoms with Crippen LogP contribution in [0.3, 0.4) is 0 Å². The first kappa shape index (κ1) is 16.4. The van der Waals surface area contributed by atoms with E-state index in [4.69, 9.17) is 0 Å². The van der Waals surface area contributed by atoms with Gasteiger partial charge in [-0.3, -0.25) is 9.59 Å². The first-order chi connectivity index (χ1) is 11.5. The van der Waals surface area contributed by atoms with E-state index in [1.165, 1.54) is 5.57 Å². The third kappa shape index (κ3) is 2.25. The number of halogens is 1. The summed E-state index contributed by atoms with van der Waals surface area (Å²) in [7, 11) is 0. The monoisotopic (exact) mass is 334 g/mol. The zero-order valence-electron chi connectivity index (χ0n) is 14.3. The molecule has 1 N–H and O–H groups in total. The number of rotatable bonds is 2. The Balaban J connectivity index is 1.65. The fourth-order valence-corrected chi connectivity index (χ4v) is 6.84.